The second-order valence-corrected chi connectivity index (χ2v) is 6.50. The average molecular weight is 329 g/mol. The van der Waals surface area contributed by atoms with Gasteiger partial charge in [-0.25, -0.2) is 4.79 Å². The number of hydrogen-bond donors (Lipinski definition) is 3. The fourth-order valence-corrected chi connectivity index (χ4v) is 3.33. The predicted octanol–water partition coefficient (Wildman–Crippen LogP) is 2.06. The van der Waals surface area contributed by atoms with E-state index in [4.69, 9.17) is 16.0 Å². The number of nitrogens with zero attached hydrogens (tertiary/aromatic N) is 2. The maximum Gasteiger partial charge on any atom is 0.312 e. The Morgan fingerprint density at radius 3 is 2.75 bits per heavy atom. The minimum absolute atomic E-state index is 0.325. The van der Waals surface area contributed by atoms with E-state index in [1.807, 2.05) is 31.2 Å². The summed E-state index contributed by atoms with van der Waals surface area (Å²) in [5, 5.41) is 6.82. The van der Waals surface area contributed by atoms with E-state index >= 15 is 0 Å². The van der Waals surface area contributed by atoms with Crippen molar-refractivity contribution in [3.63, 3.8) is 0 Å². The first kappa shape index (κ1) is 16.4. The largest absolute Gasteiger partial charge is 0.352 e. The first-order valence-electron chi connectivity index (χ1n) is 8.21. The van der Waals surface area contributed by atoms with Crippen LogP contribution in [0.1, 0.15) is 54.6 Å². The van der Waals surface area contributed by atoms with Gasteiger partial charge in [0.15, 0.2) is 5.82 Å². The molecule has 1 atom stereocenters. The lowest BCUT2D eigenvalue weighted by Gasteiger charge is -2.19. The van der Waals surface area contributed by atoms with Crippen LogP contribution in [0.25, 0.3) is 0 Å². The van der Waals surface area contributed by atoms with Gasteiger partial charge in [0.25, 0.3) is 0 Å². The van der Waals surface area contributed by atoms with Crippen molar-refractivity contribution in [3.05, 3.63) is 47.1 Å². The molecular formula is C17H23N5O2. The van der Waals surface area contributed by atoms with Crippen LogP contribution in [0.2, 0.25) is 0 Å². The Hall–Kier alpha value is -2.41. The van der Waals surface area contributed by atoms with E-state index in [9.17, 15) is 4.79 Å². The molecule has 1 aromatic carbocycles. The fourth-order valence-electron chi connectivity index (χ4n) is 3.33. The minimum Gasteiger partial charge on any atom is -0.352 e. The average Bonchev–Trinajstić information content (AvgIpc) is 3.17. The monoisotopic (exact) mass is 329 g/mol. The Bertz CT molecular complexity index is 721. The summed E-state index contributed by atoms with van der Waals surface area (Å²) in [5.41, 5.74) is 13.2. The third-order valence-electron chi connectivity index (χ3n) is 4.67. The van der Waals surface area contributed by atoms with Crippen molar-refractivity contribution < 1.29 is 9.32 Å². The first-order valence-corrected chi connectivity index (χ1v) is 8.21. The zero-order valence-electron chi connectivity index (χ0n) is 13.8. The molecule has 7 heteroatoms. The highest BCUT2D eigenvalue weighted by molar-refractivity contribution is 5.72. The summed E-state index contributed by atoms with van der Waals surface area (Å²) in [6.07, 6.45) is 4.27. The van der Waals surface area contributed by atoms with Crippen LogP contribution in [0.3, 0.4) is 0 Å². The van der Waals surface area contributed by atoms with Gasteiger partial charge in [-0.3, -0.25) is 0 Å². The molecule has 1 fully saturated rings. The molecule has 3 rings (SSSR count). The molecule has 1 heterocycles. The van der Waals surface area contributed by atoms with Crippen molar-refractivity contribution in [2.45, 2.75) is 50.6 Å². The zero-order valence-corrected chi connectivity index (χ0v) is 13.8. The van der Waals surface area contributed by atoms with E-state index in [0.29, 0.717) is 18.1 Å². The number of benzene rings is 1. The number of aryl methyl sites for hydroxylation is 1. The Morgan fingerprint density at radius 1 is 1.38 bits per heavy atom. The lowest BCUT2D eigenvalue weighted by molar-refractivity contribution is 0.244. The Morgan fingerprint density at radius 2 is 2.08 bits per heavy atom. The van der Waals surface area contributed by atoms with Crippen LogP contribution >= 0.6 is 0 Å². The molecule has 0 bridgehead atoms. The summed E-state index contributed by atoms with van der Waals surface area (Å²) < 4.78 is 5.38. The second-order valence-electron chi connectivity index (χ2n) is 6.50. The topological polar surface area (TPSA) is 120 Å². The number of carbonyl (C=O) groups is 1. The fraction of sp³-hybridized carbons (Fsp3) is 0.471. The second kappa shape index (κ2) is 6.60. The maximum atomic E-state index is 11.4. The van der Waals surface area contributed by atoms with Gasteiger partial charge in [-0.05, 0) is 30.9 Å². The van der Waals surface area contributed by atoms with E-state index in [1.165, 1.54) is 0 Å². The van der Waals surface area contributed by atoms with Crippen LogP contribution in [0, 0.1) is 6.92 Å². The molecular weight excluding hydrogens is 306 g/mol. The van der Waals surface area contributed by atoms with Crippen molar-refractivity contribution >= 4 is 6.03 Å². The molecule has 0 saturated heterocycles. The van der Waals surface area contributed by atoms with Gasteiger partial charge in [0.2, 0.25) is 5.89 Å². The summed E-state index contributed by atoms with van der Waals surface area (Å²) in [6, 6.07) is 6.89. The van der Waals surface area contributed by atoms with Crippen LogP contribution in [0.15, 0.2) is 28.8 Å². The van der Waals surface area contributed by atoms with Crippen molar-refractivity contribution in [2.24, 2.45) is 11.5 Å². The smallest absolute Gasteiger partial charge is 0.312 e. The van der Waals surface area contributed by atoms with E-state index in [1.54, 1.807) is 0 Å². The summed E-state index contributed by atoms with van der Waals surface area (Å²) in [4.78, 5) is 15.8. The normalized spacial score (nSPS) is 17.6. The standard InChI is InChI=1S/C17H23N5O2/c1-11-6-2-3-7-12(11)13(20-16(18)23)10-14-21-15(22-24-14)17(19)8-4-5-9-17/h2-3,6-7,13H,4-5,8-10,19H2,1H3,(H3,18,20,23). The van der Waals surface area contributed by atoms with Gasteiger partial charge in [0.05, 0.1) is 18.0 Å². The molecule has 1 unspecified atom stereocenters. The molecule has 0 aliphatic heterocycles. The number of hydrogen-bond acceptors (Lipinski definition) is 5. The molecule has 1 aliphatic rings. The molecule has 1 aromatic heterocycles. The summed E-state index contributed by atoms with van der Waals surface area (Å²) in [6.45, 7) is 1.98. The number of aromatic nitrogens is 2. The van der Waals surface area contributed by atoms with Crippen LogP contribution in [-0.4, -0.2) is 16.2 Å². The number of primary amides is 1. The summed E-state index contributed by atoms with van der Waals surface area (Å²) >= 11 is 0. The molecule has 24 heavy (non-hydrogen) atoms. The van der Waals surface area contributed by atoms with Gasteiger partial charge in [-0.2, -0.15) is 4.98 Å². The highest BCUT2D eigenvalue weighted by atomic mass is 16.5. The minimum atomic E-state index is -0.589. The van der Waals surface area contributed by atoms with Crippen molar-refractivity contribution in [3.8, 4) is 0 Å². The van der Waals surface area contributed by atoms with Gasteiger partial charge in [-0.15, -0.1) is 0 Å². The molecule has 2 amide bonds. The highest BCUT2D eigenvalue weighted by Gasteiger charge is 2.36. The molecule has 2 aromatic rings. The first-order chi connectivity index (χ1) is 11.5. The van der Waals surface area contributed by atoms with Crippen molar-refractivity contribution in [1.29, 1.82) is 0 Å². The predicted molar refractivity (Wildman–Crippen MR) is 89.0 cm³/mol. The van der Waals surface area contributed by atoms with Crippen LogP contribution in [-0.2, 0) is 12.0 Å². The molecule has 1 saturated carbocycles. The van der Waals surface area contributed by atoms with E-state index in [2.05, 4.69) is 15.5 Å². The maximum absolute atomic E-state index is 11.4. The van der Waals surface area contributed by atoms with Gasteiger partial charge in [-0.1, -0.05) is 42.3 Å². The molecule has 128 valence electrons. The molecule has 0 spiro atoms. The van der Waals surface area contributed by atoms with Gasteiger partial charge in [0, 0.05) is 0 Å². The lowest BCUT2D eigenvalue weighted by Crippen LogP contribution is -2.35. The number of rotatable bonds is 5. The number of nitrogens with two attached hydrogens (primary N) is 2. The number of urea groups is 1. The van der Waals surface area contributed by atoms with E-state index < -0.39 is 11.6 Å². The Kier molecular flexibility index (Phi) is 4.53. The summed E-state index contributed by atoms with van der Waals surface area (Å²) in [7, 11) is 0. The Balaban J connectivity index is 1.82. The molecule has 0 radical (unpaired) electrons. The van der Waals surface area contributed by atoms with Gasteiger partial charge in [0.1, 0.15) is 0 Å². The molecule has 1 aliphatic carbocycles. The molecule has 5 N–H and O–H groups in total. The van der Waals surface area contributed by atoms with E-state index in [0.717, 1.165) is 36.8 Å². The zero-order chi connectivity index (χ0) is 17.2. The highest BCUT2D eigenvalue weighted by Crippen LogP contribution is 2.34. The van der Waals surface area contributed by atoms with Crippen LogP contribution in [0.4, 0.5) is 4.79 Å². The lowest BCUT2D eigenvalue weighted by atomic mass is 9.98. The van der Waals surface area contributed by atoms with Gasteiger partial charge < -0.3 is 21.3 Å². The number of carbonyl (C=O) groups excluding carboxylic acids is 1. The van der Waals surface area contributed by atoms with Crippen LogP contribution in [0.5, 0.6) is 0 Å². The third kappa shape index (κ3) is 3.41. The number of amides is 2. The Labute approximate surface area is 140 Å². The van der Waals surface area contributed by atoms with Crippen LogP contribution < -0.4 is 16.8 Å². The quantitative estimate of drug-likeness (QED) is 0.775. The van der Waals surface area contributed by atoms with Crippen molar-refractivity contribution in [1.82, 2.24) is 15.5 Å². The van der Waals surface area contributed by atoms with Gasteiger partial charge >= 0.3 is 6.03 Å². The van der Waals surface area contributed by atoms with E-state index in [-0.39, 0.29) is 6.04 Å². The third-order valence-corrected chi connectivity index (χ3v) is 4.67. The SMILES string of the molecule is Cc1ccccc1C(Cc1nc(C2(N)CCCC2)no1)NC(N)=O. The van der Waals surface area contributed by atoms with Crippen molar-refractivity contribution in [2.75, 3.05) is 0 Å². The molecule has 7 nitrogen and oxygen atoms in total. The number of nitrogens with one attached hydrogen (secondary N) is 1. The summed E-state index contributed by atoms with van der Waals surface area (Å²) in [5.74, 6) is 1.00.